The van der Waals surface area contributed by atoms with Gasteiger partial charge in [0.2, 0.25) is 5.91 Å². The van der Waals surface area contributed by atoms with E-state index in [1.54, 1.807) is 17.0 Å². The van der Waals surface area contributed by atoms with Crippen molar-refractivity contribution in [1.82, 2.24) is 5.32 Å². The number of nitrogens with one attached hydrogen (secondary N) is 1. The van der Waals surface area contributed by atoms with Gasteiger partial charge in [0.1, 0.15) is 0 Å². The van der Waals surface area contributed by atoms with E-state index >= 15 is 0 Å². The topological polar surface area (TPSA) is 75.4 Å². The van der Waals surface area contributed by atoms with Crippen LogP contribution in [0.3, 0.4) is 0 Å². The summed E-state index contributed by atoms with van der Waals surface area (Å²) in [6, 6.07) is 33.7. The molecule has 198 valence electrons. The normalized spacial score (nSPS) is 13.5. The van der Waals surface area contributed by atoms with Gasteiger partial charge in [0.05, 0.1) is 6.54 Å². The SMILES string of the molecule is NC(=O)c1ccc(CN(C(=O)NCc2ccccc2-c2ccccc2)c2ccc(C3CCCCC3)cc2)cc1. The van der Waals surface area contributed by atoms with Gasteiger partial charge < -0.3 is 11.1 Å². The fourth-order valence-corrected chi connectivity index (χ4v) is 5.44. The highest BCUT2D eigenvalue weighted by Gasteiger charge is 2.19. The number of nitrogens with two attached hydrogens (primary N) is 1. The molecular formula is C34H35N3O2. The van der Waals surface area contributed by atoms with Crippen LogP contribution in [-0.2, 0) is 13.1 Å². The van der Waals surface area contributed by atoms with Crippen LogP contribution in [-0.4, -0.2) is 11.9 Å². The molecule has 5 heteroatoms. The number of carbonyl (C=O) groups excluding carboxylic acids is 2. The molecule has 3 amide bonds. The first-order chi connectivity index (χ1) is 19.1. The number of urea groups is 1. The lowest BCUT2D eigenvalue weighted by molar-refractivity contribution is 0.1000. The van der Waals surface area contributed by atoms with Crippen LogP contribution in [0.15, 0.2) is 103 Å². The monoisotopic (exact) mass is 517 g/mol. The fraction of sp³-hybridized carbons (Fsp3) is 0.235. The molecule has 0 radical (unpaired) electrons. The summed E-state index contributed by atoms with van der Waals surface area (Å²) in [6.07, 6.45) is 6.36. The molecule has 1 fully saturated rings. The zero-order valence-corrected chi connectivity index (χ0v) is 22.2. The van der Waals surface area contributed by atoms with Crippen molar-refractivity contribution in [2.75, 3.05) is 4.90 Å². The van der Waals surface area contributed by atoms with E-state index in [-0.39, 0.29) is 6.03 Å². The van der Waals surface area contributed by atoms with Gasteiger partial charge in [-0.05, 0) is 70.8 Å². The van der Waals surface area contributed by atoms with Crippen LogP contribution >= 0.6 is 0 Å². The Labute approximate surface area is 230 Å². The van der Waals surface area contributed by atoms with E-state index in [9.17, 15) is 9.59 Å². The highest BCUT2D eigenvalue weighted by molar-refractivity contribution is 5.93. The predicted molar refractivity (Wildman–Crippen MR) is 158 cm³/mol. The van der Waals surface area contributed by atoms with Crippen LogP contribution < -0.4 is 16.0 Å². The molecular weight excluding hydrogens is 482 g/mol. The lowest BCUT2D eigenvalue weighted by Gasteiger charge is -2.26. The van der Waals surface area contributed by atoms with Crippen molar-refractivity contribution in [3.8, 4) is 11.1 Å². The maximum absolute atomic E-state index is 13.7. The minimum atomic E-state index is -0.466. The Morgan fingerprint density at radius 1 is 0.769 bits per heavy atom. The highest BCUT2D eigenvalue weighted by atomic mass is 16.2. The van der Waals surface area contributed by atoms with Gasteiger partial charge in [-0.2, -0.15) is 0 Å². The Bertz CT molecular complexity index is 1390. The van der Waals surface area contributed by atoms with Crippen molar-refractivity contribution >= 4 is 17.6 Å². The van der Waals surface area contributed by atoms with Crippen LogP contribution in [0.4, 0.5) is 10.5 Å². The third-order valence-electron chi connectivity index (χ3n) is 7.64. The number of nitrogens with zero attached hydrogens (tertiary/aromatic N) is 1. The predicted octanol–water partition coefficient (Wildman–Crippen LogP) is 7.42. The van der Waals surface area contributed by atoms with E-state index in [4.69, 9.17) is 5.73 Å². The lowest BCUT2D eigenvalue weighted by atomic mass is 9.84. The fourth-order valence-electron chi connectivity index (χ4n) is 5.44. The van der Waals surface area contributed by atoms with Gasteiger partial charge in [-0.25, -0.2) is 4.79 Å². The summed E-state index contributed by atoms with van der Waals surface area (Å²) >= 11 is 0. The van der Waals surface area contributed by atoms with Gasteiger partial charge in [-0.3, -0.25) is 9.69 Å². The van der Waals surface area contributed by atoms with E-state index in [0.29, 0.717) is 24.6 Å². The number of primary amides is 1. The molecule has 1 aliphatic carbocycles. The molecule has 39 heavy (non-hydrogen) atoms. The van der Waals surface area contributed by atoms with Crippen LogP contribution in [0.1, 0.15) is 65.1 Å². The Kier molecular flexibility index (Phi) is 8.37. The third-order valence-corrected chi connectivity index (χ3v) is 7.64. The third kappa shape index (κ3) is 6.55. The second-order valence-corrected chi connectivity index (χ2v) is 10.3. The molecule has 0 bridgehead atoms. The average molecular weight is 518 g/mol. The Morgan fingerprint density at radius 2 is 1.44 bits per heavy atom. The molecule has 1 saturated carbocycles. The number of amides is 3. The van der Waals surface area contributed by atoms with Crippen molar-refractivity contribution in [2.45, 2.75) is 51.1 Å². The number of hydrogen-bond donors (Lipinski definition) is 2. The van der Waals surface area contributed by atoms with E-state index in [0.717, 1.165) is 27.9 Å². The van der Waals surface area contributed by atoms with Crippen LogP contribution in [0.2, 0.25) is 0 Å². The quantitative estimate of drug-likeness (QED) is 0.255. The molecule has 0 spiro atoms. The number of rotatable bonds is 8. The van der Waals surface area contributed by atoms with E-state index in [1.807, 2.05) is 42.5 Å². The largest absolute Gasteiger partial charge is 0.366 e. The molecule has 3 N–H and O–H groups in total. The Balaban J connectivity index is 1.37. The number of anilines is 1. The molecule has 1 aliphatic rings. The number of benzene rings is 4. The van der Waals surface area contributed by atoms with Gasteiger partial charge in [0.15, 0.2) is 0 Å². The molecule has 5 rings (SSSR count). The van der Waals surface area contributed by atoms with E-state index in [2.05, 4.69) is 53.8 Å². The number of hydrogen-bond acceptors (Lipinski definition) is 2. The van der Waals surface area contributed by atoms with Gasteiger partial charge in [0, 0.05) is 17.8 Å². The first-order valence-electron chi connectivity index (χ1n) is 13.8. The molecule has 0 heterocycles. The zero-order valence-electron chi connectivity index (χ0n) is 22.2. The lowest BCUT2D eigenvalue weighted by Crippen LogP contribution is -2.39. The second-order valence-electron chi connectivity index (χ2n) is 10.3. The first-order valence-corrected chi connectivity index (χ1v) is 13.8. The van der Waals surface area contributed by atoms with Crippen molar-refractivity contribution in [3.63, 3.8) is 0 Å². The minimum absolute atomic E-state index is 0.178. The first kappa shape index (κ1) is 26.2. The van der Waals surface area contributed by atoms with Crippen LogP contribution in [0, 0.1) is 0 Å². The van der Waals surface area contributed by atoms with Crippen LogP contribution in [0.5, 0.6) is 0 Å². The summed E-state index contributed by atoms with van der Waals surface area (Å²) in [4.78, 5) is 27.0. The molecule has 0 atom stereocenters. The molecule has 5 nitrogen and oxygen atoms in total. The standard InChI is InChI=1S/C34H35N3O2/c35-33(38)29-17-15-25(16-18-29)24-37(31-21-19-27(20-22-31)26-9-3-1-4-10-26)34(39)36-23-30-13-7-8-14-32(30)28-11-5-2-6-12-28/h2,5-8,11-22,26H,1,3-4,9-10,23-24H2,(H2,35,38)(H,36,39). The van der Waals surface area contributed by atoms with E-state index < -0.39 is 5.91 Å². The molecule has 4 aromatic carbocycles. The van der Waals surface area contributed by atoms with Gasteiger partial charge >= 0.3 is 6.03 Å². The summed E-state index contributed by atoms with van der Waals surface area (Å²) in [5.41, 5.74) is 12.2. The average Bonchev–Trinajstić information content (AvgIpc) is 3.00. The summed E-state index contributed by atoms with van der Waals surface area (Å²) in [5.74, 6) is 0.137. The van der Waals surface area contributed by atoms with Gasteiger partial charge in [0.25, 0.3) is 0 Å². The molecule has 0 aliphatic heterocycles. The highest BCUT2D eigenvalue weighted by Crippen LogP contribution is 2.33. The van der Waals surface area contributed by atoms with Gasteiger partial charge in [-0.15, -0.1) is 0 Å². The summed E-state index contributed by atoms with van der Waals surface area (Å²) in [5, 5.41) is 3.15. The van der Waals surface area contributed by atoms with Crippen LogP contribution in [0.25, 0.3) is 11.1 Å². The Morgan fingerprint density at radius 3 is 2.13 bits per heavy atom. The molecule has 0 unspecified atom stereocenters. The molecule has 0 aromatic heterocycles. The minimum Gasteiger partial charge on any atom is -0.366 e. The van der Waals surface area contributed by atoms with Crippen molar-refractivity contribution in [1.29, 1.82) is 0 Å². The van der Waals surface area contributed by atoms with Crippen molar-refractivity contribution < 1.29 is 9.59 Å². The zero-order chi connectivity index (χ0) is 27.0. The maximum atomic E-state index is 13.7. The smallest absolute Gasteiger partial charge is 0.322 e. The van der Waals surface area contributed by atoms with E-state index in [1.165, 1.54) is 37.7 Å². The molecule has 4 aromatic rings. The summed E-state index contributed by atoms with van der Waals surface area (Å²) in [6.45, 7) is 0.773. The van der Waals surface area contributed by atoms with Gasteiger partial charge in [-0.1, -0.05) is 98.1 Å². The summed E-state index contributed by atoms with van der Waals surface area (Å²) in [7, 11) is 0. The molecule has 0 saturated heterocycles. The number of carbonyl (C=O) groups is 2. The van der Waals surface area contributed by atoms with Crippen molar-refractivity contribution in [3.05, 3.63) is 125 Å². The van der Waals surface area contributed by atoms with Crippen molar-refractivity contribution in [2.24, 2.45) is 5.73 Å². The summed E-state index contributed by atoms with van der Waals surface area (Å²) < 4.78 is 0. The second kappa shape index (κ2) is 12.4. The maximum Gasteiger partial charge on any atom is 0.322 e. The Hall–Kier alpha value is -4.38.